The Morgan fingerprint density at radius 2 is 2.00 bits per heavy atom. The average Bonchev–Trinajstić information content (AvgIpc) is 2.22. The molecule has 94 valence electrons. The summed E-state index contributed by atoms with van der Waals surface area (Å²) < 4.78 is 13.7. The lowest BCUT2D eigenvalue weighted by molar-refractivity contribution is 0.165. The lowest BCUT2D eigenvalue weighted by Gasteiger charge is -2.36. The van der Waals surface area contributed by atoms with Gasteiger partial charge in [0, 0.05) is 42.3 Å². The van der Waals surface area contributed by atoms with E-state index in [1.165, 1.54) is 6.07 Å². The predicted octanol–water partition coefficient (Wildman–Crippen LogP) is 2.66. The molecule has 1 aromatic carbocycles. The predicted molar refractivity (Wildman–Crippen MR) is 68.7 cm³/mol. The molecule has 0 radical (unpaired) electrons. The van der Waals surface area contributed by atoms with Gasteiger partial charge in [0.1, 0.15) is 5.82 Å². The molecule has 0 aromatic heterocycles. The lowest BCUT2D eigenvalue weighted by Crippen LogP contribution is -2.53. The van der Waals surface area contributed by atoms with E-state index in [2.05, 4.69) is 24.1 Å². The van der Waals surface area contributed by atoms with E-state index in [9.17, 15) is 4.39 Å². The molecule has 1 N–H and O–H groups in total. The monoisotopic (exact) mass is 256 g/mol. The first kappa shape index (κ1) is 12.8. The Kier molecular flexibility index (Phi) is 4.02. The molecule has 1 heterocycles. The van der Waals surface area contributed by atoms with Gasteiger partial charge in [-0.1, -0.05) is 17.7 Å². The second-order valence-electron chi connectivity index (χ2n) is 4.86. The molecule has 1 aromatic rings. The Morgan fingerprint density at radius 3 is 2.59 bits per heavy atom. The highest BCUT2D eigenvalue weighted by atomic mass is 35.5. The molecule has 1 aliphatic rings. The molecule has 1 fully saturated rings. The third kappa shape index (κ3) is 3.18. The maximum atomic E-state index is 13.7. The molecular formula is C13H18ClFN2. The zero-order valence-corrected chi connectivity index (χ0v) is 11.0. The van der Waals surface area contributed by atoms with Crippen LogP contribution in [0.1, 0.15) is 19.4 Å². The third-order valence-corrected chi connectivity index (χ3v) is 3.43. The van der Waals surface area contributed by atoms with Crippen LogP contribution in [0, 0.1) is 5.82 Å². The van der Waals surface area contributed by atoms with Crippen molar-refractivity contribution in [3.63, 3.8) is 0 Å². The van der Waals surface area contributed by atoms with E-state index in [1.807, 2.05) is 0 Å². The molecule has 4 heteroatoms. The van der Waals surface area contributed by atoms with Crippen molar-refractivity contribution in [2.75, 3.05) is 13.1 Å². The van der Waals surface area contributed by atoms with Crippen molar-refractivity contribution < 1.29 is 4.39 Å². The van der Waals surface area contributed by atoms with E-state index in [-0.39, 0.29) is 5.82 Å². The fourth-order valence-corrected chi connectivity index (χ4v) is 2.70. The van der Waals surface area contributed by atoms with Crippen LogP contribution in [0.25, 0.3) is 0 Å². The fraction of sp³-hybridized carbons (Fsp3) is 0.538. The van der Waals surface area contributed by atoms with E-state index in [4.69, 9.17) is 11.6 Å². The van der Waals surface area contributed by atoms with Gasteiger partial charge in [0.15, 0.2) is 0 Å². The normalized spacial score (nSPS) is 26.1. The summed E-state index contributed by atoms with van der Waals surface area (Å²) in [6.45, 7) is 6.73. The summed E-state index contributed by atoms with van der Waals surface area (Å²) in [5.74, 6) is -0.212. The summed E-state index contributed by atoms with van der Waals surface area (Å²) >= 11 is 6.04. The molecule has 17 heavy (non-hydrogen) atoms. The number of piperazine rings is 1. The maximum absolute atomic E-state index is 13.7. The summed E-state index contributed by atoms with van der Waals surface area (Å²) in [4.78, 5) is 2.25. The number of nitrogens with zero attached hydrogens (tertiary/aromatic N) is 1. The van der Waals surface area contributed by atoms with E-state index >= 15 is 0 Å². The largest absolute Gasteiger partial charge is 0.309 e. The highest BCUT2D eigenvalue weighted by Gasteiger charge is 2.22. The van der Waals surface area contributed by atoms with Crippen molar-refractivity contribution >= 4 is 11.6 Å². The second-order valence-corrected chi connectivity index (χ2v) is 5.27. The zero-order chi connectivity index (χ0) is 12.4. The molecule has 0 saturated carbocycles. The molecule has 0 unspecified atom stereocenters. The van der Waals surface area contributed by atoms with Gasteiger partial charge in [-0.15, -0.1) is 0 Å². The van der Waals surface area contributed by atoms with Crippen LogP contribution in [0.3, 0.4) is 0 Å². The van der Waals surface area contributed by atoms with Gasteiger partial charge in [-0.05, 0) is 26.0 Å². The summed E-state index contributed by atoms with van der Waals surface area (Å²) in [5, 5.41) is 3.97. The van der Waals surface area contributed by atoms with E-state index in [0.29, 0.717) is 29.2 Å². The molecule has 1 aliphatic heterocycles. The minimum absolute atomic E-state index is 0.212. The van der Waals surface area contributed by atoms with Crippen molar-refractivity contribution in [2.24, 2.45) is 0 Å². The number of benzene rings is 1. The molecule has 1 saturated heterocycles. The van der Waals surface area contributed by atoms with Crippen LogP contribution in [0.5, 0.6) is 0 Å². The molecule has 2 atom stereocenters. The average molecular weight is 257 g/mol. The Hall–Kier alpha value is -0.640. The zero-order valence-electron chi connectivity index (χ0n) is 10.2. The van der Waals surface area contributed by atoms with Crippen molar-refractivity contribution in [2.45, 2.75) is 32.5 Å². The van der Waals surface area contributed by atoms with Crippen LogP contribution in [-0.2, 0) is 6.54 Å². The number of hydrogen-bond donors (Lipinski definition) is 1. The molecule has 2 nitrogen and oxygen atoms in total. The van der Waals surface area contributed by atoms with E-state index in [0.717, 1.165) is 13.1 Å². The van der Waals surface area contributed by atoms with Crippen LogP contribution < -0.4 is 5.32 Å². The van der Waals surface area contributed by atoms with Gasteiger partial charge >= 0.3 is 0 Å². The van der Waals surface area contributed by atoms with E-state index < -0.39 is 0 Å². The van der Waals surface area contributed by atoms with Crippen LogP contribution in [0.4, 0.5) is 4.39 Å². The second kappa shape index (κ2) is 5.34. The Bertz CT molecular complexity index is 367. The summed E-state index contributed by atoms with van der Waals surface area (Å²) in [6, 6.07) is 5.73. The third-order valence-electron chi connectivity index (χ3n) is 3.08. The Balaban J connectivity index is 2.10. The number of hydrogen-bond acceptors (Lipinski definition) is 2. The lowest BCUT2D eigenvalue weighted by atomic mass is 10.1. The first-order valence-corrected chi connectivity index (χ1v) is 6.35. The molecule has 0 spiro atoms. The van der Waals surface area contributed by atoms with Gasteiger partial charge in [-0.25, -0.2) is 4.39 Å². The van der Waals surface area contributed by atoms with Crippen molar-refractivity contribution in [3.8, 4) is 0 Å². The fourth-order valence-electron chi connectivity index (χ4n) is 2.48. The molecule has 0 amide bonds. The Morgan fingerprint density at radius 1 is 1.35 bits per heavy atom. The standard InChI is InChI=1S/C13H18ClFN2/c1-9-6-17(7-10(2)16-9)8-11-12(14)4-3-5-13(11)15/h3-5,9-10,16H,6-8H2,1-2H3/t9-,10+. The number of halogens is 2. The molecular weight excluding hydrogens is 239 g/mol. The number of rotatable bonds is 2. The van der Waals surface area contributed by atoms with Gasteiger partial charge in [-0.2, -0.15) is 0 Å². The first-order chi connectivity index (χ1) is 8.06. The maximum Gasteiger partial charge on any atom is 0.129 e. The summed E-state index contributed by atoms with van der Waals surface area (Å²) in [6.07, 6.45) is 0. The first-order valence-electron chi connectivity index (χ1n) is 5.97. The Labute approximate surface area is 107 Å². The van der Waals surface area contributed by atoms with Gasteiger partial charge < -0.3 is 5.32 Å². The van der Waals surface area contributed by atoms with Gasteiger partial charge in [-0.3, -0.25) is 4.90 Å². The van der Waals surface area contributed by atoms with Gasteiger partial charge in [0.2, 0.25) is 0 Å². The molecule has 2 rings (SSSR count). The van der Waals surface area contributed by atoms with Crippen LogP contribution in [-0.4, -0.2) is 30.1 Å². The highest BCUT2D eigenvalue weighted by Crippen LogP contribution is 2.21. The summed E-state index contributed by atoms with van der Waals surface area (Å²) in [5.41, 5.74) is 0.607. The van der Waals surface area contributed by atoms with Crippen LogP contribution in [0.15, 0.2) is 18.2 Å². The SMILES string of the molecule is C[C@@H]1CN(Cc2c(F)cccc2Cl)C[C@H](C)N1. The highest BCUT2D eigenvalue weighted by molar-refractivity contribution is 6.31. The molecule has 0 bridgehead atoms. The van der Waals surface area contributed by atoms with Crippen molar-refractivity contribution in [3.05, 3.63) is 34.6 Å². The minimum atomic E-state index is -0.212. The van der Waals surface area contributed by atoms with Gasteiger partial charge in [0.25, 0.3) is 0 Å². The van der Waals surface area contributed by atoms with Gasteiger partial charge in [0.05, 0.1) is 0 Å². The van der Waals surface area contributed by atoms with Crippen LogP contribution in [0.2, 0.25) is 5.02 Å². The topological polar surface area (TPSA) is 15.3 Å². The smallest absolute Gasteiger partial charge is 0.129 e. The van der Waals surface area contributed by atoms with Crippen molar-refractivity contribution in [1.82, 2.24) is 10.2 Å². The summed E-state index contributed by atoms with van der Waals surface area (Å²) in [7, 11) is 0. The number of nitrogens with one attached hydrogen (secondary N) is 1. The minimum Gasteiger partial charge on any atom is -0.309 e. The quantitative estimate of drug-likeness (QED) is 0.875. The van der Waals surface area contributed by atoms with E-state index in [1.54, 1.807) is 12.1 Å². The molecule has 0 aliphatic carbocycles. The van der Waals surface area contributed by atoms with Crippen molar-refractivity contribution in [1.29, 1.82) is 0 Å². The van der Waals surface area contributed by atoms with Crippen LogP contribution >= 0.6 is 11.6 Å².